The number of hydrogen-bond donors (Lipinski definition) is 2. The van der Waals surface area contributed by atoms with E-state index in [-0.39, 0.29) is 19.1 Å². The predicted octanol–water partition coefficient (Wildman–Crippen LogP) is 2.70. The minimum Gasteiger partial charge on any atom is -0.465 e. The Morgan fingerprint density at radius 1 is 1.00 bits per heavy atom. The van der Waals surface area contributed by atoms with Crippen LogP contribution in [0.15, 0.2) is 48.5 Å². The van der Waals surface area contributed by atoms with Gasteiger partial charge < -0.3 is 20.1 Å². The summed E-state index contributed by atoms with van der Waals surface area (Å²) in [4.78, 5) is 35.6. The van der Waals surface area contributed by atoms with E-state index < -0.39 is 11.9 Å². The van der Waals surface area contributed by atoms with Gasteiger partial charge in [0.2, 0.25) is 5.91 Å². The SMILES string of the molecule is CCOC(=O)c1ccccc1NCC(=O)Nc1cccc(C(=O)OC)c1. The Bertz CT molecular complexity index is 804. The molecular formula is C19H20N2O5. The largest absolute Gasteiger partial charge is 0.465 e. The topological polar surface area (TPSA) is 93.7 Å². The predicted molar refractivity (Wildman–Crippen MR) is 97.3 cm³/mol. The zero-order valence-electron chi connectivity index (χ0n) is 14.6. The smallest absolute Gasteiger partial charge is 0.340 e. The van der Waals surface area contributed by atoms with E-state index in [4.69, 9.17) is 4.74 Å². The van der Waals surface area contributed by atoms with Gasteiger partial charge in [-0.2, -0.15) is 0 Å². The van der Waals surface area contributed by atoms with Gasteiger partial charge in [0.25, 0.3) is 0 Å². The molecule has 0 radical (unpaired) electrons. The third-order valence-electron chi connectivity index (χ3n) is 3.43. The average Bonchev–Trinajstić information content (AvgIpc) is 2.66. The number of rotatable bonds is 7. The maximum Gasteiger partial charge on any atom is 0.340 e. The van der Waals surface area contributed by atoms with Crippen LogP contribution >= 0.6 is 0 Å². The van der Waals surface area contributed by atoms with Crippen LogP contribution in [-0.2, 0) is 14.3 Å². The highest BCUT2D eigenvalue weighted by molar-refractivity contribution is 5.98. The molecule has 2 N–H and O–H groups in total. The highest BCUT2D eigenvalue weighted by atomic mass is 16.5. The molecule has 2 aromatic carbocycles. The summed E-state index contributed by atoms with van der Waals surface area (Å²) >= 11 is 0. The van der Waals surface area contributed by atoms with Crippen molar-refractivity contribution in [3.8, 4) is 0 Å². The van der Waals surface area contributed by atoms with Gasteiger partial charge in [0.05, 0.1) is 31.4 Å². The van der Waals surface area contributed by atoms with Crippen LogP contribution in [0.2, 0.25) is 0 Å². The van der Waals surface area contributed by atoms with Crippen molar-refractivity contribution in [3.05, 3.63) is 59.7 Å². The van der Waals surface area contributed by atoms with Gasteiger partial charge in [0, 0.05) is 11.4 Å². The van der Waals surface area contributed by atoms with Gasteiger partial charge in [0.1, 0.15) is 0 Å². The summed E-state index contributed by atoms with van der Waals surface area (Å²) in [7, 11) is 1.29. The summed E-state index contributed by atoms with van der Waals surface area (Å²) in [6, 6.07) is 13.2. The van der Waals surface area contributed by atoms with Crippen molar-refractivity contribution in [2.75, 3.05) is 30.9 Å². The Morgan fingerprint density at radius 3 is 2.50 bits per heavy atom. The lowest BCUT2D eigenvalue weighted by Crippen LogP contribution is -2.23. The van der Waals surface area contributed by atoms with Crippen molar-refractivity contribution in [1.29, 1.82) is 0 Å². The van der Waals surface area contributed by atoms with E-state index in [0.717, 1.165) is 0 Å². The molecule has 0 aromatic heterocycles. The lowest BCUT2D eigenvalue weighted by atomic mass is 10.2. The molecule has 0 fully saturated rings. The minimum absolute atomic E-state index is 0.0567. The van der Waals surface area contributed by atoms with Crippen molar-refractivity contribution in [2.24, 2.45) is 0 Å². The average molecular weight is 356 g/mol. The second kappa shape index (κ2) is 9.22. The Balaban J connectivity index is 2.00. The molecule has 7 heteroatoms. The standard InChI is InChI=1S/C19H20N2O5/c1-3-26-19(24)15-9-4-5-10-16(15)20-12-17(22)21-14-8-6-7-13(11-14)18(23)25-2/h4-11,20H,3,12H2,1-2H3,(H,21,22). The molecule has 0 atom stereocenters. The van der Waals surface area contributed by atoms with Crippen molar-refractivity contribution in [2.45, 2.75) is 6.92 Å². The van der Waals surface area contributed by atoms with Crippen LogP contribution in [0.25, 0.3) is 0 Å². The van der Waals surface area contributed by atoms with Crippen molar-refractivity contribution < 1.29 is 23.9 Å². The zero-order valence-corrected chi connectivity index (χ0v) is 14.6. The first-order chi connectivity index (χ1) is 12.5. The molecule has 26 heavy (non-hydrogen) atoms. The molecule has 2 rings (SSSR count). The Kier molecular flexibility index (Phi) is 6.73. The third-order valence-corrected chi connectivity index (χ3v) is 3.43. The Hall–Kier alpha value is -3.35. The first kappa shape index (κ1) is 19.0. The number of amides is 1. The second-order valence-electron chi connectivity index (χ2n) is 5.24. The van der Waals surface area contributed by atoms with Crippen LogP contribution in [0.1, 0.15) is 27.6 Å². The van der Waals surface area contributed by atoms with Crippen LogP contribution in [0, 0.1) is 0 Å². The molecule has 7 nitrogen and oxygen atoms in total. The van der Waals surface area contributed by atoms with Crippen LogP contribution in [0.5, 0.6) is 0 Å². The highest BCUT2D eigenvalue weighted by Gasteiger charge is 2.13. The van der Waals surface area contributed by atoms with Crippen LogP contribution in [0.4, 0.5) is 11.4 Å². The molecule has 0 saturated heterocycles. The monoisotopic (exact) mass is 356 g/mol. The molecule has 0 bridgehead atoms. The normalized spacial score (nSPS) is 9.92. The van der Waals surface area contributed by atoms with Crippen LogP contribution in [-0.4, -0.2) is 38.1 Å². The van der Waals surface area contributed by atoms with E-state index in [0.29, 0.717) is 22.5 Å². The van der Waals surface area contributed by atoms with Crippen LogP contribution < -0.4 is 10.6 Å². The Morgan fingerprint density at radius 2 is 1.77 bits per heavy atom. The fourth-order valence-corrected chi connectivity index (χ4v) is 2.25. The number of anilines is 2. The molecule has 0 aliphatic heterocycles. The summed E-state index contributed by atoms with van der Waals surface area (Å²) in [5.41, 5.74) is 1.67. The number of carbonyl (C=O) groups is 3. The van der Waals surface area contributed by atoms with Crippen LogP contribution in [0.3, 0.4) is 0 Å². The summed E-state index contributed by atoms with van der Waals surface area (Å²) in [5, 5.41) is 5.60. The first-order valence-corrected chi connectivity index (χ1v) is 8.03. The van der Waals surface area contributed by atoms with E-state index in [1.165, 1.54) is 13.2 Å². The van der Waals surface area contributed by atoms with Crippen molar-refractivity contribution >= 4 is 29.2 Å². The fraction of sp³-hybridized carbons (Fsp3) is 0.211. The maximum atomic E-state index is 12.1. The molecule has 2 aromatic rings. The van der Waals surface area contributed by atoms with Crippen molar-refractivity contribution in [1.82, 2.24) is 0 Å². The molecule has 0 unspecified atom stereocenters. The number of carbonyl (C=O) groups excluding carboxylic acids is 3. The number of hydrogen-bond acceptors (Lipinski definition) is 6. The van der Waals surface area contributed by atoms with Gasteiger partial charge in [0.15, 0.2) is 0 Å². The number of esters is 2. The molecule has 0 spiro atoms. The molecule has 0 aliphatic carbocycles. The van der Waals surface area contributed by atoms with Gasteiger partial charge in [-0.1, -0.05) is 18.2 Å². The van der Waals surface area contributed by atoms with E-state index in [9.17, 15) is 14.4 Å². The van der Waals surface area contributed by atoms with Gasteiger partial charge in [-0.25, -0.2) is 9.59 Å². The summed E-state index contributed by atoms with van der Waals surface area (Å²) in [5.74, 6) is -1.27. The van der Waals surface area contributed by atoms with E-state index in [2.05, 4.69) is 15.4 Å². The quantitative estimate of drug-likeness (QED) is 0.741. The molecule has 0 heterocycles. The molecular weight excluding hydrogens is 336 g/mol. The fourth-order valence-electron chi connectivity index (χ4n) is 2.25. The number of methoxy groups -OCH3 is 1. The molecule has 0 saturated carbocycles. The maximum absolute atomic E-state index is 12.1. The number of benzene rings is 2. The molecule has 0 aliphatic rings. The first-order valence-electron chi connectivity index (χ1n) is 8.03. The summed E-state index contributed by atoms with van der Waals surface area (Å²) in [6.45, 7) is 1.94. The van der Waals surface area contributed by atoms with Gasteiger partial charge in [-0.15, -0.1) is 0 Å². The zero-order chi connectivity index (χ0) is 18.9. The van der Waals surface area contributed by atoms with E-state index in [1.54, 1.807) is 49.4 Å². The van der Waals surface area contributed by atoms with Gasteiger partial charge in [-0.05, 0) is 37.3 Å². The molecule has 136 valence electrons. The second-order valence-corrected chi connectivity index (χ2v) is 5.24. The summed E-state index contributed by atoms with van der Waals surface area (Å²) < 4.78 is 9.64. The van der Waals surface area contributed by atoms with Crippen molar-refractivity contribution in [3.63, 3.8) is 0 Å². The highest BCUT2D eigenvalue weighted by Crippen LogP contribution is 2.16. The lowest BCUT2D eigenvalue weighted by molar-refractivity contribution is -0.114. The van der Waals surface area contributed by atoms with Gasteiger partial charge in [-0.3, -0.25) is 4.79 Å². The van der Waals surface area contributed by atoms with E-state index >= 15 is 0 Å². The Labute approximate surface area is 151 Å². The third kappa shape index (κ3) is 5.07. The number of ether oxygens (including phenoxy) is 2. The van der Waals surface area contributed by atoms with Gasteiger partial charge >= 0.3 is 11.9 Å². The lowest BCUT2D eigenvalue weighted by Gasteiger charge is -2.12. The molecule has 1 amide bonds. The number of para-hydroxylation sites is 1. The number of nitrogens with one attached hydrogen (secondary N) is 2. The summed E-state index contributed by atoms with van der Waals surface area (Å²) in [6.07, 6.45) is 0. The minimum atomic E-state index is -0.484. The van der Waals surface area contributed by atoms with E-state index in [1.807, 2.05) is 0 Å².